The van der Waals surface area contributed by atoms with Crippen LogP contribution < -0.4 is 0 Å². The SMILES string of the molecule is CC1=NN=C(c2ccccc2)C(c2c(C)[nH]c3ccccc23)N1O. The molecule has 1 aliphatic heterocycles. The molecule has 0 amide bonds. The number of aromatic nitrogens is 1. The molecule has 120 valence electrons. The number of hydrogen-bond acceptors (Lipinski definition) is 4. The van der Waals surface area contributed by atoms with Crippen molar-refractivity contribution < 1.29 is 5.21 Å². The second-order valence-electron chi connectivity index (χ2n) is 5.95. The summed E-state index contributed by atoms with van der Waals surface area (Å²) in [5, 5.41) is 21.5. The standard InChI is InChI=1S/C19H18N4O/c1-12-17(15-10-6-7-11-16(15)20-12)19-18(14-8-4-3-5-9-14)22-21-13(2)23(19)24/h3-11,19-20,24H,1-2H3. The molecule has 1 unspecified atom stereocenters. The Balaban J connectivity index is 1.95. The first-order valence-electron chi connectivity index (χ1n) is 7.89. The van der Waals surface area contributed by atoms with Crippen LogP contribution in [0.2, 0.25) is 0 Å². The van der Waals surface area contributed by atoms with Crippen molar-refractivity contribution in [3.8, 4) is 0 Å². The second kappa shape index (κ2) is 5.62. The van der Waals surface area contributed by atoms with Gasteiger partial charge in [-0.25, -0.2) is 5.06 Å². The zero-order valence-electron chi connectivity index (χ0n) is 13.6. The number of benzene rings is 2. The van der Waals surface area contributed by atoms with Crippen LogP contribution in [0.25, 0.3) is 10.9 Å². The van der Waals surface area contributed by atoms with Crippen LogP contribution in [-0.4, -0.2) is 26.8 Å². The summed E-state index contributed by atoms with van der Waals surface area (Å²) < 4.78 is 0. The van der Waals surface area contributed by atoms with Gasteiger partial charge in [0.1, 0.15) is 17.6 Å². The highest BCUT2D eigenvalue weighted by Gasteiger charge is 2.33. The highest BCUT2D eigenvalue weighted by Crippen LogP contribution is 2.35. The van der Waals surface area contributed by atoms with Crippen molar-refractivity contribution in [3.05, 3.63) is 71.4 Å². The number of fused-ring (bicyclic) bond motifs is 1. The number of nitrogens with zero attached hydrogens (tertiary/aromatic N) is 3. The van der Waals surface area contributed by atoms with Gasteiger partial charge in [-0.15, -0.1) is 5.10 Å². The van der Waals surface area contributed by atoms with Gasteiger partial charge in [0.25, 0.3) is 0 Å². The first kappa shape index (κ1) is 14.7. The van der Waals surface area contributed by atoms with Crippen LogP contribution in [0.3, 0.4) is 0 Å². The van der Waals surface area contributed by atoms with Crippen LogP contribution in [0.15, 0.2) is 64.8 Å². The summed E-state index contributed by atoms with van der Waals surface area (Å²) in [6.45, 7) is 3.77. The fraction of sp³-hybridized carbons (Fsp3) is 0.158. The van der Waals surface area contributed by atoms with Gasteiger partial charge < -0.3 is 4.98 Å². The molecule has 0 fully saturated rings. The van der Waals surface area contributed by atoms with E-state index in [0.717, 1.165) is 33.4 Å². The molecule has 0 spiro atoms. The predicted octanol–water partition coefficient (Wildman–Crippen LogP) is 4.04. The molecular weight excluding hydrogens is 300 g/mol. The molecule has 0 aliphatic carbocycles. The Kier molecular flexibility index (Phi) is 3.43. The van der Waals surface area contributed by atoms with E-state index in [1.165, 1.54) is 5.06 Å². The van der Waals surface area contributed by atoms with Crippen molar-refractivity contribution in [2.75, 3.05) is 0 Å². The molecule has 0 radical (unpaired) electrons. The number of hydroxylamine groups is 2. The van der Waals surface area contributed by atoms with E-state index in [1.54, 1.807) is 6.92 Å². The van der Waals surface area contributed by atoms with Gasteiger partial charge in [-0.2, -0.15) is 5.10 Å². The minimum absolute atomic E-state index is 0.402. The van der Waals surface area contributed by atoms with Crippen LogP contribution in [0.1, 0.15) is 29.8 Å². The summed E-state index contributed by atoms with van der Waals surface area (Å²) in [4.78, 5) is 3.40. The minimum Gasteiger partial charge on any atom is -0.358 e. The Hall–Kier alpha value is -2.92. The molecule has 1 atom stereocenters. The van der Waals surface area contributed by atoms with Crippen LogP contribution in [0, 0.1) is 6.92 Å². The molecule has 1 aliphatic rings. The molecular formula is C19H18N4O. The maximum atomic E-state index is 10.7. The third-order valence-electron chi connectivity index (χ3n) is 4.42. The van der Waals surface area contributed by atoms with Crippen molar-refractivity contribution in [3.63, 3.8) is 0 Å². The molecule has 2 heterocycles. The molecule has 0 saturated carbocycles. The van der Waals surface area contributed by atoms with E-state index in [9.17, 15) is 5.21 Å². The molecule has 5 heteroatoms. The molecule has 5 nitrogen and oxygen atoms in total. The van der Waals surface area contributed by atoms with Crippen LogP contribution in [0.5, 0.6) is 0 Å². The summed E-state index contributed by atoms with van der Waals surface area (Å²) in [5.41, 5.74) is 4.76. The number of nitrogens with one attached hydrogen (secondary N) is 1. The fourth-order valence-corrected chi connectivity index (χ4v) is 3.26. The predicted molar refractivity (Wildman–Crippen MR) is 95.5 cm³/mol. The maximum absolute atomic E-state index is 10.7. The summed E-state index contributed by atoms with van der Waals surface area (Å²) in [6.07, 6.45) is 0. The van der Waals surface area contributed by atoms with Crippen molar-refractivity contribution in [2.45, 2.75) is 19.9 Å². The van der Waals surface area contributed by atoms with E-state index in [-0.39, 0.29) is 0 Å². The highest BCUT2D eigenvalue weighted by molar-refractivity contribution is 6.09. The van der Waals surface area contributed by atoms with E-state index in [1.807, 2.05) is 55.5 Å². The second-order valence-corrected chi connectivity index (χ2v) is 5.95. The van der Waals surface area contributed by atoms with Gasteiger partial charge >= 0.3 is 0 Å². The average Bonchev–Trinajstić information content (AvgIpc) is 2.94. The number of amidine groups is 1. The molecule has 3 aromatic rings. The summed E-state index contributed by atoms with van der Waals surface area (Å²) in [5.74, 6) is 0.476. The van der Waals surface area contributed by atoms with Gasteiger partial charge in [0, 0.05) is 27.7 Å². The Bertz CT molecular complexity index is 956. The zero-order valence-corrected chi connectivity index (χ0v) is 13.6. The summed E-state index contributed by atoms with van der Waals surface area (Å²) >= 11 is 0. The van der Waals surface area contributed by atoms with Gasteiger partial charge in [0.15, 0.2) is 0 Å². The number of hydrogen-bond donors (Lipinski definition) is 2. The topological polar surface area (TPSA) is 64.0 Å². The smallest absolute Gasteiger partial charge is 0.149 e. The van der Waals surface area contributed by atoms with Crippen LogP contribution in [-0.2, 0) is 0 Å². The van der Waals surface area contributed by atoms with E-state index in [4.69, 9.17) is 0 Å². The zero-order chi connectivity index (χ0) is 16.7. The fourth-order valence-electron chi connectivity index (χ4n) is 3.26. The Morgan fingerprint density at radius 2 is 1.67 bits per heavy atom. The lowest BCUT2D eigenvalue weighted by molar-refractivity contribution is -0.0359. The average molecular weight is 318 g/mol. The van der Waals surface area contributed by atoms with Gasteiger partial charge in [0.05, 0.1) is 0 Å². The quantitative estimate of drug-likeness (QED) is 0.749. The van der Waals surface area contributed by atoms with Crippen molar-refractivity contribution in [1.82, 2.24) is 10.0 Å². The minimum atomic E-state index is -0.402. The van der Waals surface area contributed by atoms with Crippen LogP contribution in [0.4, 0.5) is 0 Å². The largest absolute Gasteiger partial charge is 0.358 e. The molecule has 0 saturated heterocycles. The van der Waals surface area contributed by atoms with Gasteiger partial charge in [-0.05, 0) is 19.9 Å². The summed E-state index contributed by atoms with van der Waals surface area (Å²) in [7, 11) is 0. The van der Waals surface area contributed by atoms with E-state index in [0.29, 0.717) is 5.84 Å². The highest BCUT2D eigenvalue weighted by atomic mass is 16.5. The lowest BCUT2D eigenvalue weighted by Gasteiger charge is -2.31. The Morgan fingerprint density at radius 3 is 2.46 bits per heavy atom. The summed E-state index contributed by atoms with van der Waals surface area (Å²) in [6, 6.07) is 17.6. The lowest BCUT2D eigenvalue weighted by Crippen LogP contribution is -2.38. The molecule has 2 aromatic carbocycles. The number of aromatic amines is 1. The number of H-pyrrole nitrogens is 1. The molecule has 4 rings (SSSR count). The first-order valence-corrected chi connectivity index (χ1v) is 7.89. The normalized spacial score (nSPS) is 17.8. The molecule has 0 bridgehead atoms. The molecule has 1 aromatic heterocycles. The third-order valence-corrected chi connectivity index (χ3v) is 4.42. The Labute approximate surface area is 139 Å². The van der Waals surface area contributed by atoms with Gasteiger partial charge in [-0.3, -0.25) is 5.21 Å². The third kappa shape index (κ3) is 2.21. The maximum Gasteiger partial charge on any atom is 0.149 e. The monoisotopic (exact) mass is 318 g/mol. The first-order chi connectivity index (χ1) is 11.7. The number of aryl methyl sites for hydroxylation is 1. The van der Waals surface area contributed by atoms with E-state index < -0.39 is 6.04 Å². The lowest BCUT2D eigenvalue weighted by atomic mass is 9.93. The van der Waals surface area contributed by atoms with Crippen molar-refractivity contribution in [1.29, 1.82) is 0 Å². The molecule has 24 heavy (non-hydrogen) atoms. The molecule has 2 N–H and O–H groups in total. The Morgan fingerprint density at radius 1 is 0.958 bits per heavy atom. The van der Waals surface area contributed by atoms with Crippen LogP contribution >= 0.6 is 0 Å². The van der Waals surface area contributed by atoms with Gasteiger partial charge in [0.2, 0.25) is 0 Å². The number of para-hydroxylation sites is 1. The van der Waals surface area contributed by atoms with Gasteiger partial charge in [-0.1, -0.05) is 48.5 Å². The van der Waals surface area contributed by atoms with E-state index >= 15 is 0 Å². The van der Waals surface area contributed by atoms with Crippen molar-refractivity contribution in [2.24, 2.45) is 10.2 Å². The number of rotatable bonds is 2. The van der Waals surface area contributed by atoms with Crippen molar-refractivity contribution >= 4 is 22.5 Å². The van der Waals surface area contributed by atoms with E-state index in [2.05, 4.69) is 21.3 Å².